The monoisotopic (exact) mass is 765 g/mol. The number of pyridine rings is 1. The molecule has 0 aliphatic carbocycles. The van der Waals surface area contributed by atoms with E-state index in [1.165, 1.54) is 0 Å². The molecule has 48 heavy (non-hydrogen) atoms. The minimum Gasteiger partial charge on any atom is -1.00 e. The Labute approximate surface area is 299 Å². The average molecular weight is 766 g/mol. The minimum atomic E-state index is -0.611. The van der Waals surface area contributed by atoms with Gasteiger partial charge in [0.05, 0.1) is 25.8 Å². The molecule has 0 saturated carbocycles. The molecule has 0 unspecified atom stereocenters. The molecular formula is C36H44IN7O4. The summed E-state index contributed by atoms with van der Waals surface area (Å²) in [6, 6.07) is 19.1. The highest BCUT2D eigenvalue weighted by Crippen LogP contribution is 2.25. The van der Waals surface area contributed by atoms with Gasteiger partial charge in [-0.3, -0.25) is 19.2 Å². The Morgan fingerprint density at radius 2 is 1.77 bits per heavy atom. The van der Waals surface area contributed by atoms with E-state index in [4.69, 9.17) is 9.47 Å². The Hall–Kier alpha value is -4.14. The van der Waals surface area contributed by atoms with Crippen LogP contribution in [0, 0.1) is 6.92 Å². The molecule has 254 valence electrons. The number of rotatable bonds is 11. The van der Waals surface area contributed by atoms with E-state index in [2.05, 4.69) is 37.5 Å². The number of likely N-dealkylation sites (N-methyl/N-ethyl adjacent to an activating group) is 1. The van der Waals surface area contributed by atoms with Crippen molar-refractivity contribution in [2.75, 3.05) is 50.6 Å². The van der Waals surface area contributed by atoms with E-state index in [-0.39, 0.29) is 29.9 Å². The lowest BCUT2D eigenvalue weighted by molar-refractivity contribution is -0.929. The molecular weight excluding hydrogens is 721 g/mol. The first-order valence-corrected chi connectivity index (χ1v) is 15.9. The van der Waals surface area contributed by atoms with E-state index in [1.54, 1.807) is 18.6 Å². The lowest BCUT2D eigenvalue weighted by Gasteiger charge is -2.41. The number of halogens is 1. The number of ether oxygens (including phenoxy) is 2. The van der Waals surface area contributed by atoms with Gasteiger partial charge < -0.3 is 44.1 Å². The summed E-state index contributed by atoms with van der Waals surface area (Å²) >= 11 is 0. The zero-order chi connectivity index (χ0) is 33.4. The van der Waals surface area contributed by atoms with Crippen LogP contribution in [0.3, 0.4) is 0 Å². The summed E-state index contributed by atoms with van der Waals surface area (Å²) in [5.74, 6) is 0.267. The molecule has 1 fully saturated rings. The SMILES string of the molecule is CCC(C)(C)OC(=O)OC[N+]1(C)CCN(Cc2ccc(C(=O)Nc3ccc(C)c(Nc4nccc(-c5cccnc5)n4)c3)cc2)CC1.[I-]. The fourth-order valence-corrected chi connectivity index (χ4v) is 5.08. The van der Waals surface area contributed by atoms with E-state index in [0.717, 1.165) is 67.2 Å². The molecule has 12 heteroatoms. The summed E-state index contributed by atoms with van der Waals surface area (Å²) in [5.41, 5.74) is 5.30. The Kier molecular flexibility index (Phi) is 12.5. The second-order valence-electron chi connectivity index (χ2n) is 12.9. The Balaban J connectivity index is 0.00000520. The number of quaternary nitrogens is 1. The lowest BCUT2D eigenvalue weighted by atomic mass is 10.1. The summed E-state index contributed by atoms with van der Waals surface area (Å²) in [6.45, 7) is 12.3. The van der Waals surface area contributed by atoms with Crippen molar-refractivity contribution in [3.63, 3.8) is 0 Å². The molecule has 0 radical (unpaired) electrons. The van der Waals surface area contributed by atoms with Crippen LogP contribution in [0.1, 0.15) is 48.7 Å². The highest BCUT2D eigenvalue weighted by atomic mass is 127. The number of benzene rings is 2. The van der Waals surface area contributed by atoms with Crippen LogP contribution in [0.4, 0.5) is 22.1 Å². The maximum absolute atomic E-state index is 13.1. The van der Waals surface area contributed by atoms with E-state index in [0.29, 0.717) is 28.4 Å². The third-order valence-electron chi connectivity index (χ3n) is 8.59. The van der Waals surface area contributed by atoms with Crippen molar-refractivity contribution in [3.8, 4) is 11.3 Å². The smallest absolute Gasteiger partial charge is 0.513 e. The predicted octanol–water partition coefficient (Wildman–Crippen LogP) is 3.41. The van der Waals surface area contributed by atoms with Crippen molar-refractivity contribution in [1.29, 1.82) is 0 Å². The van der Waals surface area contributed by atoms with Gasteiger partial charge in [0.15, 0.2) is 0 Å². The minimum absolute atomic E-state index is 0. The summed E-state index contributed by atoms with van der Waals surface area (Å²) in [7, 11) is 2.10. The molecule has 11 nitrogen and oxygen atoms in total. The molecule has 0 bridgehead atoms. The van der Waals surface area contributed by atoms with Gasteiger partial charge in [-0.05, 0) is 80.8 Å². The number of aromatic nitrogens is 3. The van der Waals surface area contributed by atoms with Crippen molar-refractivity contribution in [2.24, 2.45) is 0 Å². The van der Waals surface area contributed by atoms with E-state index < -0.39 is 11.8 Å². The first kappa shape index (κ1) is 36.7. The molecule has 0 atom stereocenters. The number of anilines is 3. The normalized spacial score (nSPS) is 14.4. The number of nitrogens with one attached hydrogen (secondary N) is 2. The maximum Gasteiger partial charge on any atom is 0.513 e. The molecule has 0 spiro atoms. The number of amides is 1. The van der Waals surface area contributed by atoms with Gasteiger partial charge in [0.2, 0.25) is 12.7 Å². The number of aryl methyl sites for hydroxylation is 1. The van der Waals surface area contributed by atoms with Gasteiger partial charge in [-0.2, -0.15) is 0 Å². The fourth-order valence-electron chi connectivity index (χ4n) is 5.08. The highest BCUT2D eigenvalue weighted by molar-refractivity contribution is 6.04. The first-order chi connectivity index (χ1) is 22.5. The number of hydrogen-bond donors (Lipinski definition) is 2. The van der Waals surface area contributed by atoms with Crippen molar-refractivity contribution >= 4 is 29.4 Å². The van der Waals surface area contributed by atoms with Crippen LogP contribution in [0.2, 0.25) is 0 Å². The highest BCUT2D eigenvalue weighted by Gasteiger charge is 2.31. The molecule has 2 aromatic carbocycles. The number of hydrogen-bond acceptors (Lipinski definition) is 9. The summed E-state index contributed by atoms with van der Waals surface area (Å²) in [5, 5.41) is 6.29. The third kappa shape index (κ3) is 10.2. The topological polar surface area (TPSA) is 119 Å². The molecule has 1 saturated heterocycles. The second-order valence-corrected chi connectivity index (χ2v) is 12.9. The number of carbonyl (C=O) groups is 2. The van der Waals surface area contributed by atoms with Crippen molar-refractivity contribution in [2.45, 2.75) is 46.3 Å². The van der Waals surface area contributed by atoms with Gasteiger partial charge in [-0.15, -0.1) is 0 Å². The van der Waals surface area contributed by atoms with Crippen LogP contribution in [-0.4, -0.2) is 82.0 Å². The maximum atomic E-state index is 13.1. The van der Waals surface area contributed by atoms with E-state index in [9.17, 15) is 9.59 Å². The number of nitrogens with zero attached hydrogens (tertiary/aromatic N) is 5. The number of piperazine rings is 1. The van der Waals surface area contributed by atoms with Crippen LogP contribution >= 0.6 is 0 Å². The summed E-state index contributed by atoms with van der Waals surface area (Å²) < 4.78 is 11.5. The van der Waals surface area contributed by atoms with Crippen LogP contribution in [0.15, 0.2) is 79.3 Å². The zero-order valence-electron chi connectivity index (χ0n) is 28.2. The first-order valence-electron chi connectivity index (χ1n) is 15.9. The van der Waals surface area contributed by atoms with Gasteiger partial charge in [0.25, 0.3) is 5.91 Å². The molecule has 5 rings (SSSR count). The molecule has 1 aliphatic rings. The summed E-state index contributed by atoms with van der Waals surface area (Å²) in [6.07, 6.45) is 5.30. The number of carbonyl (C=O) groups excluding carboxylic acids is 2. The standard InChI is InChI=1S/C36H43N7O4.HI/c1-6-36(3,4)47-35(45)46-25-43(5)20-18-42(19-21-43)24-27-10-12-28(13-11-27)33(44)39-30-14-9-26(2)32(22-30)41-34-38-17-15-31(40-34)29-8-7-16-37-23-29;/h7-17,22-23H,6,18-21,24-25H2,1-5H3,(H-,38,39,40,41,44);1H. The van der Waals surface area contributed by atoms with Gasteiger partial charge in [-0.25, -0.2) is 14.8 Å². The van der Waals surface area contributed by atoms with Crippen molar-refractivity contribution in [3.05, 3.63) is 95.9 Å². The van der Waals surface area contributed by atoms with Crippen molar-refractivity contribution in [1.82, 2.24) is 19.9 Å². The molecule has 3 heterocycles. The Morgan fingerprint density at radius 3 is 2.46 bits per heavy atom. The largest absolute Gasteiger partial charge is 1.00 e. The van der Waals surface area contributed by atoms with Crippen LogP contribution < -0.4 is 34.6 Å². The molecule has 1 aliphatic heterocycles. The average Bonchev–Trinajstić information content (AvgIpc) is 3.07. The molecule has 1 amide bonds. The van der Waals surface area contributed by atoms with Gasteiger partial charge in [0.1, 0.15) is 5.60 Å². The quantitative estimate of drug-likeness (QED) is 0.135. The predicted molar refractivity (Wildman–Crippen MR) is 182 cm³/mol. The Morgan fingerprint density at radius 1 is 1.02 bits per heavy atom. The zero-order valence-corrected chi connectivity index (χ0v) is 30.4. The van der Waals surface area contributed by atoms with Crippen molar-refractivity contribution < 1.29 is 47.5 Å². The van der Waals surface area contributed by atoms with Crippen LogP contribution in [0.25, 0.3) is 11.3 Å². The van der Waals surface area contributed by atoms with Gasteiger partial charge >= 0.3 is 6.16 Å². The van der Waals surface area contributed by atoms with Gasteiger partial charge in [0, 0.05) is 60.7 Å². The summed E-state index contributed by atoms with van der Waals surface area (Å²) in [4.78, 5) is 40.8. The van der Waals surface area contributed by atoms with Crippen LogP contribution in [-0.2, 0) is 16.0 Å². The second kappa shape index (κ2) is 16.3. The Bertz CT molecular complexity index is 1680. The molecule has 2 aromatic heterocycles. The fraction of sp³-hybridized carbons (Fsp3) is 0.361. The molecule has 4 aromatic rings. The van der Waals surface area contributed by atoms with E-state index in [1.807, 2.05) is 88.4 Å². The van der Waals surface area contributed by atoms with Crippen LogP contribution in [0.5, 0.6) is 0 Å². The van der Waals surface area contributed by atoms with E-state index >= 15 is 0 Å². The lowest BCUT2D eigenvalue weighted by Crippen LogP contribution is -3.00. The van der Waals surface area contributed by atoms with Gasteiger partial charge in [-0.1, -0.05) is 25.1 Å². The molecule has 2 N–H and O–H groups in total. The third-order valence-corrected chi connectivity index (χ3v) is 8.59.